The Morgan fingerprint density at radius 1 is 1.00 bits per heavy atom. The average Bonchev–Trinajstić information content (AvgIpc) is 2.15. The highest BCUT2D eigenvalue weighted by atomic mass is 35.5. The molecule has 1 atom stereocenters. The van der Waals surface area contributed by atoms with Crippen molar-refractivity contribution in [2.45, 2.75) is 64.2 Å². The van der Waals surface area contributed by atoms with Crippen LogP contribution in [-0.4, -0.2) is 18.5 Å². The van der Waals surface area contributed by atoms with Gasteiger partial charge < -0.3 is 5.32 Å². The first kappa shape index (κ1) is 14.2. The highest BCUT2D eigenvalue weighted by molar-refractivity contribution is 6.20. The largest absolute Gasteiger partial charge is 0.317 e. The highest BCUT2D eigenvalue weighted by Gasteiger charge is 1.95. The van der Waals surface area contributed by atoms with Crippen molar-refractivity contribution in [2.75, 3.05) is 13.1 Å². The first-order valence-electron chi connectivity index (χ1n) is 6.12. The smallest absolute Gasteiger partial charge is 0.0308 e. The molecule has 0 bridgehead atoms. The predicted octanol–water partition coefficient (Wildman–Crippen LogP) is 3.95. The van der Waals surface area contributed by atoms with E-state index in [4.69, 9.17) is 11.6 Å². The molecule has 0 saturated carbocycles. The molecule has 1 N–H and O–H groups in total. The molecule has 2 heteroatoms. The normalized spacial score (nSPS) is 13.1. The molecule has 86 valence electrons. The SMILES string of the molecule is CCCCCCCNCCCC(C)Cl. The van der Waals surface area contributed by atoms with E-state index in [1.165, 1.54) is 45.1 Å². The Labute approximate surface area is 94.6 Å². The average molecular weight is 220 g/mol. The van der Waals surface area contributed by atoms with Gasteiger partial charge in [-0.05, 0) is 39.3 Å². The summed E-state index contributed by atoms with van der Waals surface area (Å²) < 4.78 is 0. The van der Waals surface area contributed by atoms with Crippen molar-refractivity contribution in [1.29, 1.82) is 0 Å². The first-order valence-corrected chi connectivity index (χ1v) is 6.55. The van der Waals surface area contributed by atoms with E-state index in [0.717, 1.165) is 13.0 Å². The van der Waals surface area contributed by atoms with Gasteiger partial charge in [-0.15, -0.1) is 11.6 Å². The Hall–Kier alpha value is 0.250. The van der Waals surface area contributed by atoms with E-state index in [1.54, 1.807) is 0 Å². The summed E-state index contributed by atoms with van der Waals surface area (Å²) in [5, 5.41) is 3.79. The lowest BCUT2D eigenvalue weighted by atomic mass is 10.1. The van der Waals surface area contributed by atoms with E-state index in [0.29, 0.717) is 5.38 Å². The zero-order valence-electron chi connectivity index (χ0n) is 9.82. The molecule has 0 fully saturated rings. The molecule has 0 aliphatic heterocycles. The van der Waals surface area contributed by atoms with E-state index in [1.807, 2.05) is 0 Å². The van der Waals surface area contributed by atoms with Gasteiger partial charge >= 0.3 is 0 Å². The topological polar surface area (TPSA) is 12.0 Å². The van der Waals surface area contributed by atoms with Gasteiger partial charge in [-0.3, -0.25) is 0 Å². The molecular weight excluding hydrogens is 194 g/mol. The number of alkyl halides is 1. The fourth-order valence-corrected chi connectivity index (χ4v) is 1.64. The second kappa shape index (κ2) is 11.3. The quantitative estimate of drug-likeness (QED) is 0.433. The monoisotopic (exact) mass is 219 g/mol. The molecule has 0 heterocycles. The molecule has 0 aliphatic carbocycles. The van der Waals surface area contributed by atoms with Crippen LogP contribution in [0.5, 0.6) is 0 Å². The van der Waals surface area contributed by atoms with Crippen LogP contribution in [-0.2, 0) is 0 Å². The third-order valence-electron chi connectivity index (χ3n) is 2.41. The molecule has 0 aliphatic rings. The molecule has 0 aromatic rings. The standard InChI is InChI=1S/C12H26ClN/c1-3-4-5-6-7-10-14-11-8-9-12(2)13/h12,14H,3-11H2,1-2H3. The summed E-state index contributed by atoms with van der Waals surface area (Å²) in [5.41, 5.74) is 0. The number of nitrogens with one attached hydrogen (secondary N) is 1. The molecule has 14 heavy (non-hydrogen) atoms. The Kier molecular flexibility index (Phi) is 11.5. The number of halogens is 1. The Morgan fingerprint density at radius 2 is 1.64 bits per heavy atom. The molecule has 0 saturated heterocycles. The maximum absolute atomic E-state index is 5.85. The summed E-state index contributed by atoms with van der Waals surface area (Å²) in [6.07, 6.45) is 9.18. The van der Waals surface area contributed by atoms with E-state index >= 15 is 0 Å². The number of hydrogen-bond acceptors (Lipinski definition) is 1. The van der Waals surface area contributed by atoms with Crippen molar-refractivity contribution in [3.63, 3.8) is 0 Å². The van der Waals surface area contributed by atoms with Crippen LogP contribution in [0.25, 0.3) is 0 Å². The van der Waals surface area contributed by atoms with Gasteiger partial charge in [0.15, 0.2) is 0 Å². The second-order valence-electron chi connectivity index (χ2n) is 4.09. The number of hydrogen-bond donors (Lipinski definition) is 1. The van der Waals surface area contributed by atoms with Crippen molar-refractivity contribution in [3.05, 3.63) is 0 Å². The van der Waals surface area contributed by atoms with Crippen LogP contribution in [0.4, 0.5) is 0 Å². The lowest BCUT2D eigenvalue weighted by Crippen LogP contribution is -2.17. The van der Waals surface area contributed by atoms with Gasteiger partial charge in [0.05, 0.1) is 0 Å². The fraction of sp³-hybridized carbons (Fsp3) is 1.00. The van der Waals surface area contributed by atoms with Gasteiger partial charge in [0.25, 0.3) is 0 Å². The third kappa shape index (κ3) is 12.2. The van der Waals surface area contributed by atoms with Crippen molar-refractivity contribution in [2.24, 2.45) is 0 Å². The minimum Gasteiger partial charge on any atom is -0.317 e. The van der Waals surface area contributed by atoms with Crippen LogP contribution in [0.3, 0.4) is 0 Å². The van der Waals surface area contributed by atoms with Crippen molar-refractivity contribution < 1.29 is 0 Å². The molecule has 0 amide bonds. The van der Waals surface area contributed by atoms with Crippen LogP contribution >= 0.6 is 11.6 Å². The minimum atomic E-state index is 0.335. The number of rotatable bonds is 10. The molecule has 0 aromatic heterocycles. The second-order valence-corrected chi connectivity index (χ2v) is 4.83. The first-order chi connectivity index (χ1) is 6.77. The lowest BCUT2D eigenvalue weighted by Gasteiger charge is -2.05. The van der Waals surface area contributed by atoms with Crippen LogP contribution in [0.2, 0.25) is 0 Å². The fourth-order valence-electron chi connectivity index (χ4n) is 1.49. The van der Waals surface area contributed by atoms with E-state index in [9.17, 15) is 0 Å². The van der Waals surface area contributed by atoms with Crippen LogP contribution in [0, 0.1) is 0 Å². The van der Waals surface area contributed by atoms with Gasteiger partial charge in [0.1, 0.15) is 0 Å². The van der Waals surface area contributed by atoms with Gasteiger partial charge in [-0.1, -0.05) is 32.6 Å². The zero-order chi connectivity index (χ0) is 10.6. The summed E-state index contributed by atoms with van der Waals surface area (Å²) in [7, 11) is 0. The Bertz CT molecular complexity index is 104. The Balaban J connectivity index is 2.85. The van der Waals surface area contributed by atoms with Crippen molar-refractivity contribution in [3.8, 4) is 0 Å². The summed E-state index contributed by atoms with van der Waals surface area (Å²) in [6, 6.07) is 0. The highest BCUT2D eigenvalue weighted by Crippen LogP contribution is 2.03. The summed E-state index contributed by atoms with van der Waals surface area (Å²) in [4.78, 5) is 0. The lowest BCUT2D eigenvalue weighted by molar-refractivity contribution is 0.565. The van der Waals surface area contributed by atoms with Gasteiger partial charge in [-0.2, -0.15) is 0 Å². The van der Waals surface area contributed by atoms with Crippen LogP contribution < -0.4 is 5.32 Å². The molecule has 1 nitrogen and oxygen atoms in total. The molecular formula is C12H26ClN. The summed E-state index contributed by atoms with van der Waals surface area (Å²) >= 11 is 5.85. The number of unbranched alkanes of at least 4 members (excludes halogenated alkanes) is 4. The van der Waals surface area contributed by atoms with Gasteiger partial charge in [0, 0.05) is 5.38 Å². The van der Waals surface area contributed by atoms with E-state index < -0.39 is 0 Å². The minimum absolute atomic E-state index is 0.335. The van der Waals surface area contributed by atoms with E-state index in [-0.39, 0.29) is 0 Å². The van der Waals surface area contributed by atoms with Crippen molar-refractivity contribution in [1.82, 2.24) is 5.32 Å². The molecule has 1 unspecified atom stereocenters. The third-order valence-corrected chi connectivity index (χ3v) is 2.63. The van der Waals surface area contributed by atoms with Gasteiger partial charge in [-0.25, -0.2) is 0 Å². The molecule has 0 aromatic carbocycles. The van der Waals surface area contributed by atoms with Gasteiger partial charge in [0.2, 0.25) is 0 Å². The van der Waals surface area contributed by atoms with Crippen LogP contribution in [0.1, 0.15) is 58.8 Å². The molecule has 0 rings (SSSR count). The molecule has 0 spiro atoms. The Morgan fingerprint density at radius 3 is 2.29 bits per heavy atom. The predicted molar refractivity (Wildman–Crippen MR) is 66.2 cm³/mol. The summed E-state index contributed by atoms with van der Waals surface area (Å²) in [6.45, 7) is 6.63. The van der Waals surface area contributed by atoms with Crippen LogP contribution in [0.15, 0.2) is 0 Å². The molecule has 0 radical (unpaired) electrons. The maximum atomic E-state index is 5.85. The zero-order valence-corrected chi connectivity index (χ0v) is 10.6. The van der Waals surface area contributed by atoms with E-state index in [2.05, 4.69) is 19.2 Å². The van der Waals surface area contributed by atoms with Crippen molar-refractivity contribution >= 4 is 11.6 Å². The summed E-state index contributed by atoms with van der Waals surface area (Å²) in [5.74, 6) is 0. The maximum Gasteiger partial charge on any atom is 0.0308 e.